The SMILES string of the molecule is [CH-]=Nc1[c-]cncc1.[Y]. The minimum atomic E-state index is 0. The summed E-state index contributed by atoms with van der Waals surface area (Å²) in [6.07, 6.45) is 3.13. The average molecular weight is 193 g/mol. The molecule has 0 saturated carbocycles. The quantitative estimate of drug-likeness (QED) is 0.484. The maximum Gasteiger partial charge on any atom is 0 e. The minimum Gasteiger partial charge on any atom is -0.497 e. The number of hydrogen-bond acceptors (Lipinski definition) is 2. The van der Waals surface area contributed by atoms with Gasteiger partial charge in [-0.2, -0.15) is 6.72 Å². The molecule has 1 heterocycles. The van der Waals surface area contributed by atoms with E-state index in [9.17, 15) is 0 Å². The first kappa shape index (κ1) is 8.92. The molecule has 0 amide bonds. The van der Waals surface area contributed by atoms with Gasteiger partial charge in [0.05, 0.1) is 0 Å². The van der Waals surface area contributed by atoms with Gasteiger partial charge in [0, 0.05) is 32.7 Å². The molecule has 0 spiro atoms. The molecule has 0 atom stereocenters. The van der Waals surface area contributed by atoms with Crippen LogP contribution in [0.3, 0.4) is 0 Å². The summed E-state index contributed by atoms with van der Waals surface area (Å²) in [5.41, 5.74) is 0.625. The molecule has 0 fully saturated rings. The van der Waals surface area contributed by atoms with Crippen LogP contribution in [0.5, 0.6) is 0 Å². The Hall–Kier alpha value is -0.0761. The molecule has 1 aromatic heterocycles. The largest absolute Gasteiger partial charge is 0.497 e. The van der Waals surface area contributed by atoms with E-state index >= 15 is 0 Å². The zero-order chi connectivity index (χ0) is 5.82. The second kappa shape index (κ2) is 4.77. The van der Waals surface area contributed by atoms with Crippen LogP contribution in [0.2, 0.25) is 0 Å². The standard InChI is InChI=1S/C6H4N2.Y/c1-7-6-2-4-8-5-3-6;/h1-2,4-5H;/q-2;. The van der Waals surface area contributed by atoms with Crippen LogP contribution in [-0.4, -0.2) is 11.7 Å². The molecule has 1 aromatic rings. The van der Waals surface area contributed by atoms with Gasteiger partial charge in [0.25, 0.3) is 0 Å². The van der Waals surface area contributed by atoms with Crippen molar-refractivity contribution in [2.24, 2.45) is 4.99 Å². The summed E-state index contributed by atoms with van der Waals surface area (Å²) in [4.78, 5) is 7.10. The molecule has 9 heavy (non-hydrogen) atoms. The third-order valence-electron chi connectivity index (χ3n) is 0.745. The normalized spacial score (nSPS) is 7.56. The molecule has 0 aliphatic rings. The molecule has 1 rings (SSSR count). The molecule has 0 unspecified atom stereocenters. The van der Waals surface area contributed by atoms with Gasteiger partial charge >= 0.3 is 0 Å². The molecule has 0 saturated heterocycles. The van der Waals surface area contributed by atoms with E-state index in [1.807, 2.05) is 0 Å². The van der Waals surface area contributed by atoms with Crippen molar-refractivity contribution in [2.75, 3.05) is 0 Å². The molecule has 0 aliphatic carbocycles. The Morgan fingerprint density at radius 2 is 2.44 bits per heavy atom. The summed E-state index contributed by atoms with van der Waals surface area (Å²) < 4.78 is 0. The Labute approximate surface area is 79.3 Å². The van der Waals surface area contributed by atoms with E-state index in [0.717, 1.165) is 0 Å². The van der Waals surface area contributed by atoms with Crippen LogP contribution in [0.25, 0.3) is 0 Å². The Morgan fingerprint density at radius 3 is 2.78 bits per heavy atom. The third kappa shape index (κ3) is 2.82. The second-order valence-electron chi connectivity index (χ2n) is 1.25. The predicted molar refractivity (Wildman–Crippen MR) is 31.2 cm³/mol. The molecule has 3 heteroatoms. The molecule has 43 valence electrons. The van der Waals surface area contributed by atoms with E-state index < -0.39 is 0 Å². The van der Waals surface area contributed by atoms with Gasteiger partial charge in [-0.25, -0.2) is 0 Å². The minimum absolute atomic E-state index is 0. The molecule has 1 radical (unpaired) electrons. The van der Waals surface area contributed by atoms with Crippen molar-refractivity contribution < 1.29 is 32.7 Å². The Bertz CT molecular complexity index is 174. The number of pyridine rings is 1. The molecule has 2 nitrogen and oxygen atoms in total. The van der Waals surface area contributed by atoms with Crippen LogP contribution < -0.4 is 0 Å². The summed E-state index contributed by atoms with van der Waals surface area (Å²) in [5.74, 6) is 0. The number of aromatic nitrogens is 1. The third-order valence-corrected chi connectivity index (χ3v) is 0.745. The van der Waals surface area contributed by atoms with Crippen LogP contribution in [-0.2, 0) is 32.7 Å². The molecule has 0 N–H and O–H groups in total. The van der Waals surface area contributed by atoms with E-state index in [1.165, 1.54) is 6.20 Å². The average Bonchev–Trinajstić information content (AvgIpc) is 1.90. The first-order valence-electron chi connectivity index (χ1n) is 2.16. The smallest absolute Gasteiger partial charge is 0 e. The Morgan fingerprint density at radius 1 is 1.67 bits per heavy atom. The monoisotopic (exact) mass is 193 g/mol. The van der Waals surface area contributed by atoms with E-state index in [2.05, 4.69) is 16.0 Å². The van der Waals surface area contributed by atoms with Crippen molar-refractivity contribution in [1.29, 1.82) is 0 Å². The van der Waals surface area contributed by atoms with Crippen molar-refractivity contribution in [3.8, 4) is 0 Å². The predicted octanol–water partition coefficient (Wildman–Crippen LogP) is 1.09. The van der Waals surface area contributed by atoms with Crippen molar-refractivity contribution in [2.45, 2.75) is 0 Å². The fourth-order valence-electron chi connectivity index (χ4n) is 0.388. The number of hydrogen-bond donors (Lipinski definition) is 0. The van der Waals surface area contributed by atoms with Gasteiger partial charge < -0.3 is 16.0 Å². The Kier molecular flexibility index (Phi) is 4.73. The summed E-state index contributed by atoms with van der Waals surface area (Å²) in [6.45, 7) is 4.92. The Balaban J connectivity index is 0.000000640. The van der Waals surface area contributed by atoms with Crippen LogP contribution >= 0.6 is 0 Å². The van der Waals surface area contributed by atoms with Gasteiger partial charge in [-0.05, 0) is 0 Å². The van der Waals surface area contributed by atoms with Gasteiger partial charge in [0.1, 0.15) is 0 Å². The van der Waals surface area contributed by atoms with Crippen molar-refractivity contribution in [3.63, 3.8) is 0 Å². The number of rotatable bonds is 1. The topological polar surface area (TPSA) is 25.2 Å². The molecule has 0 bridgehead atoms. The summed E-state index contributed by atoms with van der Waals surface area (Å²) >= 11 is 0. The zero-order valence-corrected chi connectivity index (χ0v) is 7.62. The van der Waals surface area contributed by atoms with E-state index in [4.69, 9.17) is 6.72 Å². The summed E-state index contributed by atoms with van der Waals surface area (Å²) in [6, 6.07) is 4.40. The molecular weight excluding hydrogens is 189 g/mol. The fraction of sp³-hybridized carbons (Fsp3) is 0. The van der Waals surface area contributed by atoms with Gasteiger partial charge in [0.15, 0.2) is 0 Å². The van der Waals surface area contributed by atoms with Gasteiger partial charge in [0.2, 0.25) is 0 Å². The maximum absolute atomic E-state index is 4.92. The number of aliphatic imine (C=N–C) groups is 1. The van der Waals surface area contributed by atoms with Crippen molar-refractivity contribution in [3.05, 3.63) is 24.5 Å². The zero-order valence-electron chi connectivity index (χ0n) is 4.78. The first-order valence-corrected chi connectivity index (χ1v) is 2.16. The first-order chi connectivity index (χ1) is 3.93. The second-order valence-corrected chi connectivity index (χ2v) is 1.25. The van der Waals surface area contributed by atoms with E-state index in [0.29, 0.717) is 5.69 Å². The van der Waals surface area contributed by atoms with Crippen LogP contribution in [0.15, 0.2) is 23.5 Å². The van der Waals surface area contributed by atoms with Crippen molar-refractivity contribution in [1.82, 2.24) is 4.98 Å². The van der Waals surface area contributed by atoms with Gasteiger partial charge in [-0.3, -0.25) is 11.8 Å². The maximum atomic E-state index is 4.92. The van der Waals surface area contributed by atoms with Crippen molar-refractivity contribution >= 4 is 12.4 Å². The van der Waals surface area contributed by atoms with Crippen LogP contribution in [0.4, 0.5) is 5.69 Å². The summed E-state index contributed by atoms with van der Waals surface area (Å²) in [7, 11) is 0. The van der Waals surface area contributed by atoms with Gasteiger partial charge in [-0.1, -0.05) is 12.4 Å². The fourth-order valence-corrected chi connectivity index (χ4v) is 0.388. The van der Waals surface area contributed by atoms with Crippen LogP contribution in [0, 0.1) is 6.07 Å². The molecule has 0 aromatic carbocycles. The molecular formula is C6H4N2Y-2. The number of nitrogens with zero attached hydrogens (tertiary/aromatic N) is 2. The van der Waals surface area contributed by atoms with Gasteiger partial charge in [-0.15, -0.1) is 0 Å². The van der Waals surface area contributed by atoms with E-state index in [1.54, 1.807) is 12.3 Å². The summed E-state index contributed by atoms with van der Waals surface area (Å²) in [5, 5.41) is 0. The van der Waals surface area contributed by atoms with E-state index in [-0.39, 0.29) is 32.7 Å². The van der Waals surface area contributed by atoms with Crippen LogP contribution in [0.1, 0.15) is 0 Å². The molecule has 0 aliphatic heterocycles.